The average molecular weight is 276 g/mol. The van der Waals surface area contributed by atoms with Crippen molar-refractivity contribution in [3.8, 4) is 5.75 Å². The minimum absolute atomic E-state index is 0.212. The van der Waals surface area contributed by atoms with Crippen molar-refractivity contribution >= 4 is 0 Å². The number of aryl methyl sites for hydroxylation is 1. The van der Waals surface area contributed by atoms with Gasteiger partial charge in [-0.15, -0.1) is 0 Å². The molecule has 5 nitrogen and oxygen atoms in total. The molecule has 0 aliphatic carbocycles. The maximum atomic E-state index is 9.95. The molecule has 2 aromatic rings. The molecule has 1 aromatic carbocycles. The van der Waals surface area contributed by atoms with E-state index in [4.69, 9.17) is 9.26 Å². The zero-order valence-electron chi connectivity index (χ0n) is 11.9. The summed E-state index contributed by atoms with van der Waals surface area (Å²) in [7, 11) is 0. The van der Waals surface area contributed by atoms with Gasteiger partial charge >= 0.3 is 0 Å². The third-order valence-electron chi connectivity index (χ3n) is 3.00. The second kappa shape index (κ2) is 7.05. The van der Waals surface area contributed by atoms with Gasteiger partial charge in [-0.1, -0.05) is 37.2 Å². The molecule has 0 bridgehead atoms. The molecule has 5 heteroatoms. The lowest BCUT2D eigenvalue weighted by Gasteiger charge is -2.13. The van der Waals surface area contributed by atoms with Crippen LogP contribution in [0.25, 0.3) is 0 Å². The predicted octanol–water partition coefficient (Wildman–Crippen LogP) is 3.04. The first-order valence-electron chi connectivity index (χ1n) is 6.95. The van der Waals surface area contributed by atoms with Crippen LogP contribution in [0.3, 0.4) is 0 Å². The zero-order valence-corrected chi connectivity index (χ0v) is 11.9. The van der Waals surface area contributed by atoms with Gasteiger partial charge in [0.15, 0.2) is 12.4 Å². The Kier molecular flexibility index (Phi) is 5.12. The van der Waals surface area contributed by atoms with Gasteiger partial charge in [-0.25, -0.2) is 0 Å². The molecule has 0 saturated heterocycles. The summed E-state index contributed by atoms with van der Waals surface area (Å²) in [4.78, 5) is 4.24. The molecule has 20 heavy (non-hydrogen) atoms. The summed E-state index contributed by atoms with van der Waals surface area (Å²) in [6, 6.07) is 7.45. The molecule has 1 N–H and O–H groups in total. The van der Waals surface area contributed by atoms with Gasteiger partial charge in [-0.2, -0.15) is 4.98 Å². The highest BCUT2D eigenvalue weighted by molar-refractivity contribution is 5.35. The van der Waals surface area contributed by atoms with Crippen molar-refractivity contribution in [3.63, 3.8) is 0 Å². The summed E-state index contributed by atoms with van der Waals surface area (Å²) in [6.07, 6.45) is 1.89. The summed E-state index contributed by atoms with van der Waals surface area (Å²) in [5, 5.41) is 13.8. The summed E-state index contributed by atoms with van der Waals surface area (Å²) in [5.41, 5.74) is 0.781. The molecule has 1 aromatic heterocycles. The number of para-hydroxylation sites is 1. The Morgan fingerprint density at radius 1 is 1.30 bits per heavy atom. The van der Waals surface area contributed by atoms with Crippen molar-refractivity contribution in [2.75, 3.05) is 0 Å². The highest BCUT2D eigenvalue weighted by Gasteiger charge is 2.12. The Morgan fingerprint density at radius 3 is 2.85 bits per heavy atom. The van der Waals surface area contributed by atoms with Crippen molar-refractivity contribution in [1.82, 2.24) is 10.1 Å². The van der Waals surface area contributed by atoms with E-state index in [2.05, 4.69) is 17.1 Å². The lowest BCUT2D eigenvalue weighted by Crippen LogP contribution is -2.02. The Hall–Kier alpha value is -1.88. The largest absolute Gasteiger partial charge is 0.483 e. The van der Waals surface area contributed by atoms with Crippen molar-refractivity contribution in [1.29, 1.82) is 0 Å². The maximum absolute atomic E-state index is 9.95. The molecule has 108 valence electrons. The Morgan fingerprint density at radius 2 is 2.10 bits per heavy atom. The Labute approximate surface area is 118 Å². The number of aliphatic hydroxyl groups excluding tert-OH is 1. The van der Waals surface area contributed by atoms with Crippen molar-refractivity contribution in [3.05, 3.63) is 41.5 Å². The summed E-state index contributed by atoms with van der Waals surface area (Å²) >= 11 is 0. The van der Waals surface area contributed by atoms with Crippen LogP contribution in [-0.2, 0) is 13.0 Å². The van der Waals surface area contributed by atoms with Crippen LogP contribution < -0.4 is 4.74 Å². The van der Waals surface area contributed by atoms with Gasteiger partial charge in [0.25, 0.3) is 5.89 Å². The van der Waals surface area contributed by atoms with Crippen LogP contribution >= 0.6 is 0 Å². The van der Waals surface area contributed by atoms with E-state index >= 15 is 0 Å². The van der Waals surface area contributed by atoms with Crippen LogP contribution in [0, 0.1) is 0 Å². The first-order chi connectivity index (χ1) is 9.74. The quantitative estimate of drug-likeness (QED) is 0.841. The third-order valence-corrected chi connectivity index (χ3v) is 3.00. The molecule has 0 aliphatic rings. The maximum Gasteiger partial charge on any atom is 0.264 e. The average Bonchev–Trinajstić information content (AvgIpc) is 2.93. The van der Waals surface area contributed by atoms with Gasteiger partial charge in [0, 0.05) is 12.0 Å². The molecule has 1 atom stereocenters. The molecule has 2 rings (SSSR count). The fourth-order valence-electron chi connectivity index (χ4n) is 1.92. The highest BCUT2D eigenvalue weighted by atomic mass is 16.5. The van der Waals surface area contributed by atoms with E-state index in [0.717, 1.165) is 18.4 Å². The van der Waals surface area contributed by atoms with Crippen LogP contribution in [0.15, 0.2) is 28.8 Å². The predicted molar refractivity (Wildman–Crippen MR) is 74.3 cm³/mol. The first kappa shape index (κ1) is 14.5. The van der Waals surface area contributed by atoms with Gasteiger partial charge in [-0.3, -0.25) is 0 Å². The van der Waals surface area contributed by atoms with E-state index in [1.807, 2.05) is 31.2 Å². The second-order valence-corrected chi connectivity index (χ2v) is 4.60. The number of nitrogens with zero attached hydrogens (tertiary/aromatic N) is 2. The van der Waals surface area contributed by atoms with Gasteiger partial charge < -0.3 is 14.4 Å². The topological polar surface area (TPSA) is 68.4 Å². The van der Waals surface area contributed by atoms with E-state index in [1.165, 1.54) is 0 Å². The van der Waals surface area contributed by atoms with Crippen LogP contribution in [0.2, 0.25) is 0 Å². The SMILES string of the molecule is CCCc1noc(COc2ccccc2[C@H](O)CC)n1. The fraction of sp³-hybridized carbons (Fsp3) is 0.467. The standard InChI is InChI=1S/C15H20N2O3/c1-3-7-14-16-15(20-17-14)10-19-13-9-6-5-8-11(13)12(18)4-2/h5-6,8-9,12,18H,3-4,7,10H2,1-2H3/t12-/m1/s1. The molecule has 0 fully saturated rings. The van der Waals surface area contributed by atoms with Crippen LogP contribution in [-0.4, -0.2) is 15.2 Å². The number of ether oxygens (including phenoxy) is 1. The van der Waals surface area contributed by atoms with Crippen LogP contribution in [0.5, 0.6) is 5.75 Å². The highest BCUT2D eigenvalue weighted by Crippen LogP contribution is 2.27. The first-order valence-corrected chi connectivity index (χ1v) is 6.95. The van der Waals surface area contributed by atoms with Crippen molar-refractivity contribution < 1.29 is 14.4 Å². The molecular formula is C15H20N2O3. The zero-order chi connectivity index (χ0) is 14.4. The fourth-order valence-corrected chi connectivity index (χ4v) is 1.92. The van der Waals surface area contributed by atoms with E-state index in [1.54, 1.807) is 0 Å². The molecule has 0 radical (unpaired) electrons. The lowest BCUT2D eigenvalue weighted by molar-refractivity contribution is 0.163. The minimum atomic E-state index is -0.524. The minimum Gasteiger partial charge on any atom is -0.483 e. The van der Waals surface area contributed by atoms with E-state index < -0.39 is 6.10 Å². The molecule has 1 heterocycles. The van der Waals surface area contributed by atoms with E-state index in [0.29, 0.717) is 23.9 Å². The smallest absolute Gasteiger partial charge is 0.264 e. The van der Waals surface area contributed by atoms with Crippen LogP contribution in [0.1, 0.15) is 50.1 Å². The molecule has 0 unspecified atom stereocenters. The molecule has 0 aliphatic heterocycles. The van der Waals surface area contributed by atoms with Crippen LogP contribution in [0.4, 0.5) is 0 Å². The monoisotopic (exact) mass is 276 g/mol. The van der Waals surface area contributed by atoms with Gasteiger partial charge in [-0.05, 0) is 18.9 Å². The molecule has 0 spiro atoms. The third kappa shape index (κ3) is 3.57. The van der Waals surface area contributed by atoms with E-state index in [-0.39, 0.29) is 6.61 Å². The second-order valence-electron chi connectivity index (χ2n) is 4.60. The summed E-state index contributed by atoms with van der Waals surface area (Å²) < 4.78 is 10.8. The Bertz CT molecular complexity index is 539. The lowest BCUT2D eigenvalue weighted by atomic mass is 10.1. The van der Waals surface area contributed by atoms with Gasteiger partial charge in [0.2, 0.25) is 0 Å². The van der Waals surface area contributed by atoms with Gasteiger partial charge in [0.05, 0.1) is 6.10 Å². The number of hydrogen-bond acceptors (Lipinski definition) is 5. The molecule has 0 saturated carbocycles. The summed E-state index contributed by atoms with van der Waals surface area (Å²) in [5.74, 6) is 1.80. The number of rotatable bonds is 7. The Balaban J connectivity index is 2.02. The van der Waals surface area contributed by atoms with E-state index in [9.17, 15) is 5.11 Å². The normalized spacial score (nSPS) is 12.3. The number of hydrogen-bond donors (Lipinski definition) is 1. The van der Waals surface area contributed by atoms with Crippen molar-refractivity contribution in [2.45, 2.75) is 45.8 Å². The summed E-state index contributed by atoms with van der Waals surface area (Å²) in [6.45, 7) is 4.20. The molecule has 0 amide bonds. The number of aromatic nitrogens is 2. The van der Waals surface area contributed by atoms with Gasteiger partial charge in [0.1, 0.15) is 5.75 Å². The number of benzene rings is 1. The van der Waals surface area contributed by atoms with Crippen molar-refractivity contribution in [2.24, 2.45) is 0 Å². The molecular weight excluding hydrogens is 256 g/mol. The number of aliphatic hydroxyl groups is 1.